The predicted molar refractivity (Wildman–Crippen MR) is 111 cm³/mol. The summed E-state index contributed by atoms with van der Waals surface area (Å²) < 4.78 is 1.83. The number of benzene rings is 2. The van der Waals surface area contributed by atoms with Gasteiger partial charge in [0.1, 0.15) is 5.82 Å². The first-order valence-corrected chi connectivity index (χ1v) is 9.21. The number of amides is 1. The van der Waals surface area contributed by atoms with E-state index in [0.29, 0.717) is 11.4 Å². The van der Waals surface area contributed by atoms with Crippen LogP contribution in [-0.4, -0.2) is 15.7 Å². The lowest BCUT2D eigenvalue weighted by atomic mass is 9.92. The molecule has 4 nitrogen and oxygen atoms in total. The molecule has 1 aromatic heterocycles. The maximum atomic E-state index is 12.8. The Kier molecular flexibility index (Phi) is 4.92. The molecule has 27 heavy (non-hydrogen) atoms. The standard InChI is InChI=1S/C23H27N3O/c1-15-7-10-18(11-8-15)22(27)24-21-14-20(23(4,5)6)25-26(21)19-12-9-16(2)13-17(19)3/h7-14H,1-6H3,(H,24,27). The van der Waals surface area contributed by atoms with Crippen LogP contribution in [0.5, 0.6) is 0 Å². The van der Waals surface area contributed by atoms with Crippen LogP contribution in [0.15, 0.2) is 48.5 Å². The first kappa shape index (κ1) is 18.9. The van der Waals surface area contributed by atoms with Crippen LogP contribution in [0.1, 0.15) is 53.5 Å². The van der Waals surface area contributed by atoms with Crippen LogP contribution < -0.4 is 5.32 Å². The summed E-state index contributed by atoms with van der Waals surface area (Å²) in [6.45, 7) is 12.5. The van der Waals surface area contributed by atoms with Crippen molar-refractivity contribution in [2.45, 2.75) is 47.0 Å². The molecule has 1 N–H and O–H groups in total. The maximum absolute atomic E-state index is 12.8. The van der Waals surface area contributed by atoms with Crippen molar-refractivity contribution in [3.05, 3.63) is 76.5 Å². The summed E-state index contributed by atoms with van der Waals surface area (Å²) in [4.78, 5) is 12.8. The van der Waals surface area contributed by atoms with Gasteiger partial charge in [0.25, 0.3) is 5.91 Å². The summed E-state index contributed by atoms with van der Waals surface area (Å²) in [6, 6.07) is 15.8. The van der Waals surface area contributed by atoms with Gasteiger partial charge in [-0.1, -0.05) is 56.2 Å². The van der Waals surface area contributed by atoms with Crippen molar-refractivity contribution < 1.29 is 4.79 Å². The van der Waals surface area contributed by atoms with E-state index in [-0.39, 0.29) is 11.3 Å². The Balaban J connectivity index is 2.04. The SMILES string of the molecule is Cc1ccc(C(=O)Nc2cc(C(C)(C)C)nn2-c2ccc(C)cc2C)cc1. The highest BCUT2D eigenvalue weighted by atomic mass is 16.1. The number of rotatable bonds is 3. The van der Waals surface area contributed by atoms with Crippen molar-refractivity contribution in [1.29, 1.82) is 0 Å². The van der Waals surface area contributed by atoms with E-state index in [0.717, 1.165) is 22.5 Å². The van der Waals surface area contributed by atoms with Crippen molar-refractivity contribution in [3.8, 4) is 5.69 Å². The molecule has 0 saturated carbocycles. The molecule has 1 amide bonds. The van der Waals surface area contributed by atoms with E-state index in [1.165, 1.54) is 5.56 Å². The van der Waals surface area contributed by atoms with Crippen LogP contribution in [-0.2, 0) is 5.41 Å². The molecule has 0 radical (unpaired) electrons. The molecule has 0 fully saturated rings. The second-order valence-electron chi connectivity index (χ2n) is 8.19. The Bertz CT molecular complexity index is 976. The second-order valence-corrected chi connectivity index (χ2v) is 8.19. The van der Waals surface area contributed by atoms with Crippen molar-refractivity contribution in [2.75, 3.05) is 5.32 Å². The van der Waals surface area contributed by atoms with Crippen molar-refractivity contribution in [2.24, 2.45) is 0 Å². The highest BCUT2D eigenvalue weighted by molar-refractivity contribution is 6.04. The number of carbonyl (C=O) groups excluding carboxylic acids is 1. The fourth-order valence-electron chi connectivity index (χ4n) is 2.96. The van der Waals surface area contributed by atoms with Crippen LogP contribution in [0.2, 0.25) is 0 Å². The molecule has 1 heterocycles. The zero-order valence-corrected chi connectivity index (χ0v) is 16.9. The molecule has 2 aromatic carbocycles. The van der Waals surface area contributed by atoms with Gasteiger partial charge < -0.3 is 5.32 Å². The number of carbonyl (C=O) groups is 1. The van der Waals surface area contributed by atoms with Gasteiger partial charge in [0.15, 0.2) is 0 Å². The number of nitrogens with one attached hydrogen (secondary N) is 1. The average molecular weight is 361 g/mol. The number of hydrogen-bond acceptors (Lipinski definition) is 2. The molecule has 0 aliphatic carbocycles. The number of hydrogen-bond donors (Lipinski definition) is 1. The fourth-order valence-corrected chi connectivity index (χ4v) is 2.96. The van der Waals surface area contributed by atoms with E-state index in [9.17, 15) is 4.79 Å². The molecule has 3 aromatic rings. The number of nitrogens with zero attached hydrogens (tertiary/aromatic N) is 2. The van der Waals surface area contributed by atoms with Crippen LogP contribution >= 0.6 is 0 Å². The molecule has 0 bridgehead atoms. The normalized spacial score (nSPS) is 11.5. The summed E-state index contributed by atoms with van der Waals surface area (Å²) in [5.41, 5.74) is 5.85. The Morgan fingerprint density at radius 3 is 2.15 bits per heavy atom. The summed E-state index contributed by atoms with van der Waals surface area (Å²) in [6.07, 6.45) is 0. The molecule has 0 saturated heterocycles. The molecule has 3 rings (SSSR count). The lowest BCUT2D eigenvalue weighted by Gasteiger charge is -2.14. The average Bonchev–Trinajstić information content (AvgIpc) is 2.99. The Morgan fingerprint density at radius 1 is 0.926 bits per heavy atom. The highest BCUT2D eigenvalue weighted by Crippen LogP contribution is 2.28. The quantitative estimate of drug-likeness (QED) is 0.684. The zero-order valence-electron chi connectivity index (χ0n) is 16.9. The molecule has 0 aliphatic rings. The molecular weight excluding hydrogens is 334 g/mol. The van der Waals surface area contributed by atoms with Crippen LogP contribution in [0.4, 0.5) is 5.82 Å². The number of aromatic nitrogens is 2. The zero-order chi connectivity index (χ0) is 19.8. The van der Waals surface area contributed by atoms with Gasteiger partial charge in [0, 0.05) is 17.0 Å². The Hall–Kier alpha value is -2.88. The third-order valence-corrected chi connectivity index (χ3v) is 4.61. The van der Waals surface area contributed by atoms with Gasteiger partial charge in [-0.05, 0) is 44.5 Å². The van der Waals surface area contributed by atoms with Gasteiger partial charge in [-0.25, -0.2) is 4.68 Å². The topological polar surface area (TPSA) is 46.9 Å². The van der Waals surface area contributed by atoms with E-state index in [4.69, 9.17) is 5.10 Å². The fraction of sp³-hybridized carbons (Fsp3) is 0.304. The van der Waals surface area contributed by atoms with E-state index >= 15 is 0 Å². The highest BCUT2D eigenvalue weighted by Gasteiger charge is 2.22. The number of aryl methyl sites for hydroxylation is 3. The summed E-state index contributed by atoms with van der Waals surface area (Å²) in [5, 5.41) is 7.85. The van der Waals surface area contributed by atoms with Crippen LogP contribution in [0.25, 0.3) is 5.69 Å². The van der Waals surface area contributed by atoms with Gasteiger partial charge in [-0.2, -0.15) is 5.10 Å². The lowest BCUT2D eigenvalue weighted by molar-refractivity contribution is 0.102. The Labute approximate surface area is 161 Å². The predicted octanol–water partition coefficient (Wildman–Crippen LogP) is 5.35. The first-order valence-electron chi connectivity index (χ1n) is 9.21. The minimum atomic E-state index is -0.138. The third kappa shape index (κ3) is 4.11. The van der Waals surface area contributed by atoms with E-state index in [1.807, 2.05) is 48.0 Å². The minimum Gasteiger partial charge on any atom is -0.306 e. The van der Waals surface area contributed by atoms with Crippen molar-refractivity contribution in [1.82, 2.24) is 9.78 Å². The molecule has 4 heteroatoms. The minimum absolute atomic E-state index is 0.118. The summed E-state index contributed by atoms with van der Waals surface area (Å²) in [5.74, 6) is 0.541. The lowest BCUT2D eigenvalue weighted by Crippen LogP contribution is -2.15. The molecule has 0 unspecified atom stereocenters. The molecular formula is C23H27N3O. The van der Waals surface area contributed by atoms with Crippen molar-refractivity contribution >= 4 is 11.7 Å². The molecule has 140 valence electrons. The molecule has 0 atom stereocenters. The second kappa shape index (κ2) is 7.03. The van der Waals surface area contributed by atoms with Gasteiger partial charge in [0.05, 0.1) is 11.4 Å². The first-order chi connectivity index (χ1) is 12.6. The summed E-state index contributed by atoms with van der Waals surface area (Å²) in [7, 11) is 0. The monoisotopic (exact) mass is 361 g/mol. The van der Waals surface area contributed by atoms with Gasteiger partial charge >= 0.3 is 0 Å². The van der Waals surface area contributed by atoms with E-state index < -0.39 is 0 Å². The summed E-state index contributed by atoms with van der Waals surface area (Å²) >= 11 is 0. The van der Waals surface area contributed by atoms with Gasteiger partial charge in [-0.3, -0.25) is 4.79 Å². The van der Waals surface area contributed by atoms with Crippen molar-refractivity contribution in [3.63, 3.8) is 0 Å². The van der Waals surface area contributed by atoms with E-state index in [1.54, 1.807) is 0 Å². The molecule has 0 spiro atoms. The maximum Gasteiger partial charge on any atom is 0.256 e. The van der Waals surface area contributed by atoms with Crippen LogP contribution in [0, 0.1) is 20.8 Å². The van der Waals surface area contributed by atoms with Gasteiger partial charge in [0.2, 0.25) is 0 Å². The largest absolute Gasteiger partial charge is 0.306 e. The Morgan fingerprint density at radius 2 is 1.56 bits per heavy atom. The van der Waals surface area contributed by atoms with Gasteiger partial charge in [-0.15, -0.1) is 0 Å². The van der Waals surface area contributed by atoms with Crippen LogP contribution in [0.3, 0.4) is 0 Å². The third-order valence-electron chi connectivity index (χ3n) is 4.61. The van der Waals surface area contributed by atoms with E-state index in [2.05, 4.69) is 52.1 Å². The molecule has 0 aliphatic heterocycles. The number of anilines is 1. The smallest absolute Gasteiger partial charge is 0.256 e.